The van der Waals surface area contributed by atoms with E-state index in [2.05, 4.69) is 9.72 Å². The van der Waals surface area contributed by atoms with Crippen LogP contribution in [-0.4, -0.2) is 41.3 Å². The van der Waals surface area contributed by atoms with Crippen molar-refractivity contribution in [3.8, 4) is 5.88 Å². The average Bonchev–Trinajstić information content (AvgIpc) is 2.53. The minimum Gasteiger partial charge on any atom is -0.444 e. The molecule has 0 bridgehead atoms. The number of amides is 1. The number of nitrogens with zero attached hydrogens (tertiary/aromatic N) is 2. The topological polar surface area (TPSA) is 51.7 Å². The van der Waals surface area contributed by atoms with Crippen LogP contribution in [0.25, 0.3) is 0 Å². The Balaban J connectivity index is 1.43. The number of carbonyl (C=O) groups excluding carboxylic acids is 1. The first-order valence-electron chi connectivity index (χ1n) is 9.52. The van der Waals surface area contributed by atoms with Gasteiger partial charge in [0.1, 0.15) is 5.60 Å². The summed E-state index contributed by atoms with van der Waals surface area (Å²) in [5, 5.41) is 0. The van der Waals surface area contributed by atoms with E-state index in [-0.39, 0.29) is 17.4 Å². The molecule has 0 radical (unpaired) electrons. The molecule has 0 aromatic carbocycles. The Morgan fingerprint density at radius 3 is 2.48 bits per heavy atom. The van der Waals surface area contributed by atoms with Crippen LogP contribution in [-0.2, 0) is 11.2 Å². The fourth-order valence-electron chi connectivity index (χ4n) is 4.06. The van der Waals surface area contributed by atoms with E-state index in [1.807, 2.05) is 26.8 Å². The lowest BCUT2D eigenvalue weighted by molar-refractivity contribution is -0.0546. The minimum absolute atomic E-state index is 0.0481. The van der Waals surface area contributed by atoms with Gasteiger partial charge < -0.3 is 14.4 Å². The molecule has 0 N–H and O–H groups in total. The second-order valence-electron chi connectivity index (χ2n) is 8.87. The molecule has 1 amide bonds. The van der Waals surface area contributed by atoms with Crippen molar-refractivity contribution in [2.45, 2.75) is 65.1 Å². The SMILES string of the molecule is CC(C)(C)OC(=O)N1CC2(CCC(Cc3ccc(OC(F)F)nc3)CC2)C1. The monoisotopic (exact) mass is 382 g/mol. The lowest BCUT2D eigenvalue weighted by Crippen LogP contribution is -2.60. The molecule has 7 heteroatoms. The zero-order chi connectivity index (χ0) is 19.7. The molecule has 5 nitrogen and oxygen atoms in total. The summed E-state index contributed by atoms with van der Waals surface area (Å²) in [4.78, 5) is 17.8. The van der Waals surface area contributed by atoms with Gasteiger partial charge in [-0.3, -0.25) is 0 Å². The highest BCUT2D eigenvalue weighted by Gasteiger charge is 2.47. The fourth-order valence-corrected chi connectivity index (χ4v) is 4.06. The van der Waals surface area contributed by atoms with E-state index < -0.39 is 12.2 Å². The van der Waals surface area contributed by atoms with Gasteiger partial charge in [-0.2, -0.15) is 8.78 Å². The van der Waals surface area contributed by atoms with Crippen molar-refractivity contribution < 1.29 is 23.0 Å². The highest BCUT2D eigenvalue weighted by atomic mass is 19.3. The second kappa shape index (κ2) is 7.60. The third-order valence-corrected chi connectivity index (χ3v) is 5.40. The molecule has 150 valence electrons. The molecule has 1 aliphatic carbocycles. The molecule has 0 unspecified atom stereocenters. The van der Waals surface area contributed by atoms with Gasteiger partial charge in [-0.25, -0.2) is 9.78 Å². The summed E-state index contributed by atoms with van der Waals surface area (Å²) < 4.78 is 34.1. The summed E-state index contributed by atoms with van der Waals surface area (Å²) in [6, 6.07) is 3.30. The Morgan fingerprint density at radius 2 is 1.96 bits per heavy atom. The van der Waals surface area contributed by atoms with Crippen LogP contribution < -0.4 is 4.74 Å². The molecule has 1 aromatic rings. The van der Waals surface area contributed by atoms with Gasteiger partial charge in [0.2, 0.25) is 5.88 Å². The second-order valence-corrected chi connectivity index (χ2v) is 8.87. The Morgan fingerprint density at radius 1 is 1.30 bits per heavy atom. The predicted molar refractivity (Wildman–Crippen MR) is 96.8 cm³/mol. The quantitative estimate of drug-likeness (QED) is 0.760. The zero-order valence-corrected chi connectivity index (χ0v) is 16.2. The molecule has 1 aliphatic heterocycles. The minimum atomic E-state index is -2.85. The number of ether oxygens (including phenoxy) is 2. The summed E-state index contributed by atoms with van der Waals surface area (Å²) in [6.07, 6.45) is 6.74. The van der Waals surface area contributed by atoms with E-state index in [1.165, 1.54) is 6.07 Å². The van der Waals surface area contributed by atoms with Crippen molar-refractivity contribution in [3.05, 3.63) is 23.9 Å². The fraction of sp³-hybridized carbons (Fsp3) is 0.700. The van der Waals surface area contributed by atoms with Gasteiger partial charge in [0.05, 0.1) is 0 Å². The van der Waals surface area contributed by atoms with Crippen LogP contribution in [0.15, 0.2) is 18.3 Å². The Kier molecular flexibility index (Phi) is 5.58. The van der Waals surface area contributed by atoms with Crippen LogP contribution in [0, 0.1) is 11.3 Å². The van der Waals surface area contributed by atoms with Gasteiger partial charge in [-0.05, 0) is 64.4 Å². The molecule has 1 saturated heterocycles. The maximum atomic E-state index is 12.2. The first kappa shape index (κ1) is 19.8. The normalized spacial score (nSPS) is 19.9. The van der Waals surface area contributed by atoms with Gasteiger partial charge in [-0.15, -0.1) is 0 Å². The summed E-state index contributed by atoms with van der Waals surface area (Å²) in [5.74, 6) is 0.517. The lowest BCUT2D eigenvalue weighted by atomic mass is 9.65. The average molecular weight is 382 g/mol. The Hall–Kier alpha value is -1.92. The number of carbonyl (C=O) groups is 1. The van der Waals surface area contributed by atoms with Crippen molar-refractivity contribution in [2.24, 2.45) is 11.3 Å². The largest absolute Gasteiger partial charge is 0.444 e. The van der Waals surface area contributed by atoms with Crippen LogP contribution in [0.5, 0.6) is 5.88 Å². The lowest BCUT2D eigenvalue weighted by Gasteiger charge is -2.53. The van der Waals surface area contributed by atoms with Crippen molar-refractivity contribution >= 4 is 6.09 Å². The Labute approximate surface area is 159 Å². The van der Waals surface area contributed by atoms with Gasteiger partial charge >= 0.3 is 12.7 Å². The summed E-state index contributed by atoms with van der Waals surface area (Å²) in [7, 11) is 0. The van der Waals surface area contributed by atoms with E-state index in [9.17, 15) is 13.6 Å². The van der Waals surface area contributed by atoms with E-state index >= 15 is 0 Å². The molecule has 27 heavy (non-hydrogen) atoms. The molecular weight excluding hydrogens is 354 g/mol. The van der Waals surface area contributed by atoms with Gasteiger partial charge in [0, 0.05) is 30.8 Å². The number of hydrogen-bond acceptors (Lipinski definition) is 4. The molecular formula is C20H28F2N2O3. The van der Waals surface area contributed by atoms with Crippen molar-refractivity contribution in [1.29, 1.82) is 0 Å². The number of rotatable bonds is 4. The maximum Gasteiger partial charge on any atom is 0.410 e. The zero-order valence-electron chi connectivity index (χ0n) is 16.2. The maximum absolute atomic E-state index is 12.2. The van der Waals surface area contributed by atoms with Crippen LogP contribution >= 0.6 is 0 Å². The summed E-state index contributed by atoms with van der Waals surface area (Å²) in [6.45, 7) is 4.37. The molecule has 1 aromatic heterocycles. The predicted octanol–water partition coefficient (Wildman–Crippen LogP) is 4.65. The van der Waals surface area contributed by atoms with E-state index in [1.54, 1.807) is 11.1 Å². The molecule has 3 rings (SSSR count). The summed E-state index contributed by atoms with van der Waals surface area (Å²) in [5.41, 5.74) is 0.837. The molecule has 2 heterocycles. The van der Waals surface area contributed by atoms with Crippen LogP contribution in [0.4, 0.5) is 13.6 Å². The van der Waals surface area contributed by atoms with Crippen molar-refractivity contribution in [2.75, 3.05) is 13.1 Å². The standard InChI is InChI=1S/C20H28F2N2O3/c1-19(2,3)27-18(25)24-12-20(13-24)8-6-14(7-9-20)10-15-4-5-16(23-11-15)26-17(21)22/h4-5,11,14,17H,6-10,12-13H2,1-3H3. The first-order chi connectivity index (χ1) is 12.6. The van der Waals surface area contributed by atoms with Gasteiger partial charge in [0.15, 0.2) is 0 Å². The molecule has 2 fully saturated rings. The third-order valence-electron chi connectivity index (χ3n) is 5.40. The number of hydrogen-bond donors (Lipinski definition) is 0. The summed E-state index contributed by atoms with van der Waals surface area (Å²) >= 11 is 0. The van der Waals surface area contributed by atoms with Crippen molar-refractivity contribution in [1.82, 2.24) is 9.88 Å². The number of pyridine rings is 1. The number of alkyl halides is 2. The molecule has 2 aliphatic rings. The van der Waals surface area contributed by atoms with E-state index in [4.69, 9.17) is 4.74 Å². The van der Waals surface area contributed by atoms with Crippen molar-refractivity contribution in [3.63, 3.8) is 0 Å². The molecule has 1 saturated carbocycles. The van der Waals surface area contributed by atoms with Gasteiger partial charge in [-0.1, -0.05) is 6.07 Å². The number of halogens is 2. The number of aromatic nitrogens is 1. The van der Waals surface area contributed by atoms with E-state index in [0.717, 1.165) is 50.8 Å². The Bertz CT molecular complexity index is 642. The first-order valence-corrected chi connectivity index (χ1v) is 9.52. The highest BCUT2D eigenvalue weighted by Crippen LogP contribution is 2.46. The molecule has 1 spiro atoms. The van der Waals surface area contributed by atoms with Crippen LogP contribution in [0.1, 0.15) is 52.0 Å². The number of likely N-dealkylation sites (tertiary alicyclic amines) is 1. The smallest absolute Gasteiger partial charge is 0.410 e. The van der Waals surface area contributed by atoms with Crippen LogP contribution in [0.2, 0.25) is 0 Å². The van der Waals surface area contributed by atoms with E-state index in [0.29, 0.717) is 5.92 Å². The van der Waals surface area contributed by atoms with Crippen LogP contribution in [0.3, 0.4) is 0 Å². The third kappa shape index (κ3) is 5.30. The van der Waals surface area contributed by atoms with Gasteiger partial charge in [0.25, 0.3) is 0 Å². The highest BCUT2D eigenvalue weighted by molar-refractivity contribution is 5.69. The molecule has 0 atom stereocenters.